The van der Waals surface area contributed by atoms with Crippen LogP contribution in [0.15, 0.2) is 35.5 Å². The van der Waals surface area contributed by atoms with Gasteiger partial charge in [-0.1, -0.05) is 38.2 Å². The van der Waals surface area contributed by atoms with Gasteiger partial charge in [0, 0.05) is 12.3 Å². The van der Waals surface area contributed by atoms with Gasteiger partial charge < -0.3 is 0 Å². The summed E-state index contributed by atoms with van der Waals surface area (Å²) in [5.41, 5.74) is 2.85. The summed E-state index contributed by atoms with van der Waals surface area (Å²) < 4.78 is 0. The molecule has 6 unspecified atom stereocenters. The van der Waals surface area contributed by atoms with Crippen LogP contribution in [0.5, 0.6) is 0 Å². The molecule has 0 heterocycles. The molecule has 2 fully saturated rings. The minimum atomic E-state index is 0.368. The number of fused-ring (bicyclic) bond motifs is 5. The van der Waals surface area contributed by atoms with Crippen LogP contribution in [0.4, 0.5) is 0 Å². The van der Waals surface area contributed by atoms with Crippen molar-refractivity contribution in [3.63, 3.8) is 0 Å². The first-order chi connectivity index (χ1) is 9.66. The topological polar surface area (TPSA) is 17.1 Å². The summed E-state index contributed by atoms with van der Waals surface area (Å²) in [6.07, 6.45) is 13.4. The Morgan fingerprint density at radius 1 is 1.15 bits per heavy atom. The maximum absolute atomic E-state index is 12.7. The van der Waals surface area contributed by atoms with Gasteiger partial charge in [-0.2, -0.15) is 0 Å². The number of carbonyl (C=O) groups excluding carboxylic acids is 1. The maximum Gasteiger partial charge on any atom is 0.136 e. The average Bonchev–Trinajstić information content (AvgIpc) is 2.91. The molecule has 0 spiro atoms. The third-order valence-electron chi connectivity index (χ3n) is 6.64. The van der Waals surface area contributed by atoms with E-state index in [4.69, 9.17) is 0 Å². The van der Waals surface area contributed by atoms with E-state index in [9.17, 15) is 4.79 Å². The van der Waals surface area contributed by atoms with Crippen LogP contribution in [0.25, 0.3) is 0 Å². The second kappa shape index (κ2) is 4.44. The standard InChI is InChI=1S/C19H24O/c1-11-6-8-16-18(20)10-17-14-5-3-4-13(14)7-9-15(17)19(16)12(11)2/h3-5,7,11-12,15-17,19H,6,8-10H2,1-2H3. The Kier molecular flexibility index (Phi) is 2.80. The molecule has 20 heavy (non-hydrogen) atoms. The lowest BCUT2D eigenvalue weighted by molar-refractivity contribution is -0.135. The number of ketones is 1. The molecule has 1 heteroatoms. The second-order valence-corrected chi connectivity index (χ2v) is 7.41. The zero-order valence-corrected chi connectivity index (χ0v) is 12.5. The van der Waals surface area contributed by atoms with Crippen molar-refractivity contribution in [2.75, 3.05) is 0 Å². The van der Waals surface area contributed by atoms with E-state index in [2.05, 4.69) is 38.2 Å². The van der Waals surface area contributed by atoms with Crippen molar-refractivity contribution in [2.24, 2.45) is 35.5 Å². The first-order valence-corrected chi connectivity index (χ1v) is 8.28. The number of carbonyl (C=O) groups is 1. The molecule has 0 aromatic rings. The van der Waals surface area contributed by atoms with E-state index in [1.165, 1.54) is 24.0 Å². The first kappa shape index (κ1) is 12.6. The molecule has 4 aliphatic rings. The fourth-order valence-electron chi connectivity index (χ4n) is 5.39. The van der Waals surface area contributed by atoms with Gasteiger partial charge in [-0.25, -0.2) is 0 Å². The molecule has 0 aliphatic heterocycles. The van der Waals surface area contributed by atoms with Gasteiger partial charge in [0.1, 0.15) is 5.78 Å². The lowest BCUT2D eigenvalue weighted by Gasteiger charge is -2.51. The van der Waals surface area contributed by atoms with Crippen LogP contribution in [0.3, 0.4) is 0 Å². The highest BCUT2D eigenvalue weighted by molar-refractivity contribution is 5.83. The lowest BCUT2D eigenvalue weighted by atomic mass is 9.52. The number of Topliss-reactive ketones (excluding diaryl/α,β-unsaturated/α-hetero) is 1. The molecule has 106 valence electrons. The molecule has 0 N–H and O–H groups in total. The lowest BCUT2D eigenvalue weighted by Crippen LogP contribution is -2.48. The summed E-state index contributed by atoms with van der Waals surface area (Å²) >= 11 is 0. The monoisotopic (exact) mass is 268 g/mol. The fraction of sp³-hybridized carbons (Fsp3) is 0.632. The minimum Gasteiger partial charge on any atom is -0.299 e. The van der Waals surface area contributed by atoms with Gasteiger partial charge in [0.15, 0.2) is 0 Å². The number of hydrogen-bond acceptors (Lipinski definition) is 1. The van der Waals surface area contributed by atoms with Gasteiger partial charge in [-0.3, -0.25) is 4.79 Å². The van der Waals surface area contributed by atoms with Gasteiger partial charge in [0.05, 0.1) is 0 Å². The third-order valence-corrected chi connectivity index (χ3v) is 6.64. The second-order valence-electron chi connectivity index (χ2n) is 7.41. The molecule has 0 radical (unpaired) electrons. The predicted octanol–water partition coefficient (Wildman–Crippen LogP) is 4.32. The Balaban J connectivity index is 1.73. The van der Waals surface area contributed by atoms with Gasteiger partial charge in [-0.15, -0.1) is 0 Å². The van der Waals surface area contributed by atoms with Crippen molar-refractivity contribution in [3.8, 4) is 0 Å². The van der Waals surface area contributed by atoms with Crippen molar-refractivity contribution in [1.82, 2.24) is 0 Å². The molecule has 2 saturated carbocycles. The largest absolute Gasteiger partial charge is 0.299 e. The normalized spacial score (nSPS) is 46.2. The van der Waals surface area contributed by atoms with Crippen LogP contribution in [0.2, 0.25) is 0 Å². The molecule has 0 saturated heterocycles. The number of allylic oxidation sites excluding steroid dienone is 6. The predicted molar refractivity (Wildman–Crippen MR) is 81.1 cm³/mol. The summed E-state index contributed by atoms with van der Waals surface area (Å²) in [5, 5.41) is 0. The Morgan fingerprint density at radius 2 is 2.00 bits per heavy atom. The van der Waals surface area contributed by atoms with E-state index < -0.39 is 0 Å². The molecule has 1 nitrogen and oxygen atoms in total. The Morgan fingerprint density at radius 3 is 2.85 bits per heavy atom. The van der Waals surface area contributed by atoms with E-state index in [0.717, 1.165) is 18.8 Å². The van der Waals surface area contributed by atoms with Gasteiger partial charge in [0.25, 0.3) is 0 Å². The van der Waals surface area contributed by atoms with Gasteiger partial charge in [-0.05, 0) is 60.0 Å². The third kappa shape index (κ3) is 1.65. The summed E-state index contributed by atoms with van der Waals surface area (Å²) in [6.45, 7) is 4.78. The summed E-state index contributed by atoms with van der Waals surface area (Å²) in [7, 11) is 0. The van der Waals surface area contributed by atoms with E-state index >= 15 is 0 Å². The first-order valence-electron chi connectivity index (χ1n) is 8.28. The van der Waals surface area contributed by atoms with Crippen molar-refractivity contribution < 1.29 is 4.79 Å². The molecular formula is C19H24O. The van der Waals surface area contributed by atoms with Gasteiger partial charge in [0.2, 0.25) is 0 Å². The van der Waals surface area contributed by atoms with E-state index in [1.54, 1.807) is 0 Å². The molecule has 0 aromatic carbocycles. The van der Waals surface area contributed by atoms with Crippen molar-refractivity contribution in [2.45, 2.75) is 39.5 Å². The van der Waals surface area contributed by atoms with Crippen molar-refractivity contribution >= 4 is 5.78 Å². The zero-order valence-electron chi connectivity index (χ0n) is 12.5. The minimum absolute atomic E-state index is 0.368. The Labute approximate surface area is 121 Å². The fourth-order valence-corrected chi connectivity index (χ4v) is 5.39. The molecule has 0 bridgehead atoms. The van der Waals surface area contributed by atoms with Gasteiger partial charge >= 0.3 is 0 Å². The van der Waals surface area contributed by atoms with Crippen LogP contribution >= 0.6 is 0 Å². The summed E-state index contributed by atoms with van der Waals surface area (Å²) in [6, 6.07) is 0. The van der Waals surface area contributed by atoms with Crippen LogP contribution in [-0.4, -0.2) is 5.78 Å². The highest BCUT2D eigenvalue weighted by Crippen LogP contribution is 2.55. The Bertz CT molecular complexity index is 536. The Hall–Kier alpha value is -1.11. The smallest absolute Gasteiger partial charge is 0.136 e. The molecule has 0 aromatic heterocycles. The van der Waals surface area contributed by atoms with Crippen molar-refractivity contribution in [1.29, 1.82) is 0 Å². The van der Waals surface area contributed by atoms with Crippen LogP contribution in [-0.2, 0) is 4.79 Å². The van der Waals surface area contributed by atoms with Crippen LogP contribution < -0.4 is 0 Å². The van der Waals surface area contributed by atoms with E-state index in [-0.39, 0.29) is 0 Å². The SMILES string of the molecule is CC1CCC2C(=O)CC3C4=CC=CC4=CCC3C2C1C. The van der Waals surface area contributed by atoms with E-state index in [0.29, 0.717) is 35.4 Å². The molecule has 0 amide bonds. The maximum atomic E-state index is 12.7. The highest BCUT2D eigenvalue weighted by Gasteiger charge is 2.50. The van der Waals surface area contributed by atoms with E-state index in [1.807, 2.05) is 0 Å². The number of rotatable bonds is 0. The average molecular weight is 268 g/mol. The molecule has 4 aliphatic carbocycles. The molecule has 4 rings (SSSR count). The molecular weight excluding hydrogens is 244 g/mol. The summed E-state index contributed by atoms with van der Waals surface area (Å²) in [5.74, 6) is 4.26. The number of hydrogen-bond donors (Lipinski definition) is 0. The van der Waals surface area contributed by atoms with Crippen LogP contribution in [0.1, 0.15) is 39.5 Å². The quantitative estimate of drug-likeness (QED) is 0.639. The highest BCUT2D eigenvalue weighted by atomic mass is 16.1. The van der Waals surface area contributed by atoms with Crippen LogP contribution in [0, 0.1) is 35.5 Å². The zero-order chi connectivity index (χ0) is 13.9. The summed E-state index contributed by atoms with van der Waals surface area (Å²) in [4.78, 5) is 12.7. The molecule has 6 atom stereocenters. The van der Waals surface area contributed by atoms with Crippen molar-refractivity contribution in [3.05, 3.63) is 35.5 Å².